The first-order valence-corrected chi connectivity index (χ1v) is 9.45. The van der Waals surface area contributed by atoms with Crippen molar-refractivity contribution in [3.63, 3.8) is 0 Å². The van der Waals surface area contributed by atoms with Crippen LogP contribution in [0.1, 0.15) is 32.3 Å². The molecule has 1 aromatic carbocycles. The molecule has 27 heavy (non-hydrogen) atoms. The minimum atomic E-state index is -0.585. The van der Waals surface area contributed by atoms with Crippen LogP contribution in [0, 0.1) is 5.92 Å². The number of carbonyl (C=O) groups is 2. The number of piperidine rings is 1. The van der Waals surface area contributed by atoms with Gasteiger partial charge in [0.2, 0.25) is 0 Å². The Labute approximate surface area is 165 Å². The fourth-order valence-electron chi connectivity index (χ4n) is 3.00. The molecular weight excluding hydrogens is 370 g/mol. The van der Waals surface area contributed by atoms with E-state index in [4.69, 9.17) is 25.8 Å². The molecule has 1 aliphatic heterocycles. The molecule has 0 N–H and O–H groups in total. The molecule has 1 fully saturated rings. The van der Waals surface area contributed by atoms with Crippen molar-refractivity contribution in [2.24, 2.45) is 5.92 Å². The van der Waals surface area contributed by atoms with Crippen molar-refractivity contribution < 1.29 is 23.8 Å². The molecule has 1 aliphatic rings. The molecule has 0 aliphatic carbocycles. The van der Waals surface area contributed by atoms with E-state index in [0.717, 1.165) is 25.9 Å². The standard InChI is InChI=1S/C20H26ClNO5/c1-4-26-17-11-15(10-16(21)20(17)25-3)7-8-19(24)27-13-18(23)22-9-5-6-14(2)12-22/h7-8,10-11,14H,4-6,9,12-13H2,1-3H3/b8-7+/t14-/m1/s1. The van der Waals surface area contributed by atoms with Crippen LogP contribution in [0.25, 0.3) is 6.08 Å². The van der Waals surface area contributed by atoms with E-state index in [1.54, 1.807) is 23.1 Å². The van der Waals surface area contributed by atoms with Gasteiger partial charge in [-0.1, -0.05) is 18.5 Å². The number of esters is 1. The van der Waals surface area contributed by atoms with Gasteiger partial charge in [0.15, 0.2) is 18.1 Å². The van der Waals surface area contributed by atoms with Crippen molar-refractivity contribution in [3.8, 4) is 11.5 Å². The highest BCUT2D eigenvalue weighted by molar-refractivity contribution is 6.32. The molecule has 0 saturated carbocycles. The van der Waals surface area contributed by atoms with Gasteiger partial charge in [0.1, 0.15) is 0 Å². The second kappa shape index (κ2) is 10.2. The van der Waals surface area contributed by atoms with Gasteiger partial charge in [-0.2, -0.15) is 0 Å². The Balaban J connectivity index is 1.93. The van der Waals surface area contributed by atoms with Gasteiger partial charge in [0, 0.05) is 19.2 Å². The molecular formula is C20H26ClNO5. The summed E-state index contributed by atoms with van der Waals surface area (Å²) in [5.74, 6) is 0.680. The SMILES string of the molecule is CCOc1cc(/C=C/C(=O)OCC(=O)N2CCC[C@@H](C)C2)cc(Cl)c1OC. The Bertz CT molecular complexity index is 704. The summed E-state index contributed by atoms with van der Waals surface area (Å²) in [4.78, 5) is 25.8. The molecule has 6 nitrogen and oxygen atoms in total. The lowest BCUT2D eigenvalue weighted by Gasteiger charge is -2.30. The molecule has 148 valence electrons. The topological polar surface area (TPSA) is 65.1 Å². The highest BCUT2D eigenvalue weighted by Gasteiger charge is 2.21. The summed E-state index contributed by atoms with van der Waals surface area (Å²) in [5, 5.41) is 0.380. The minimum Gasteiger partial charge on any atom is -0.491 e. The van der Waals surface area contributed by atoms with Gasteiger partial charge < -0.3 is 19.1 Å². The zero-order valence-electron chi connectivity index (χ0n) is 16.0. The highest BCUT2D eigenvalue weighted by atomic mass is 35.5. The number of amides is 1. The number of ether oxygens (including phenoxy) is 3. The number of nitrogens with zero attached hydrogens (tertiary/aromatic N) is 1. The first-order chi connectivity index (χ1) is 12.9. The zero-order valence-corrected chi connectivity index (χ0v) is 16.8. The number of hydrogen-bond donors (Lipinski definition) is 0. The van der Waals surface area contributed by atoms with Crippen LogP contribution in [0.2, 0.25) is 5.02 Å². The highest BCUT2D eigenvalue weighted by Crippen LogP contribution is 2.36. The van der Waals surface area contributed by atoms with E-state index in [1.165, 1.54) is 13.2 Å². The lowest BCUT2D eigenvalue weighted by atomic mass is 10.0. The monoisotopic (exact) mass is 395 g/mol. The van der Waals surface area contributed by atoms with Crippen molar-refractivity contribution >= 4 is 29.6 Å². The van der Waals surface area contributed by atoms with Gasteiger partial charge in [-0.25, -0.2) is 4.79 Å². The van der Waals surface area contributed by atoms with Gasteiger partial charge in [0.25, 0.3) is 5.91 Å². The van der Waals surface area contributed by atoms with Crippen LogP contribution < -0.4 is 9.47 Å². The van der Waals surface area contributed by atoms with E-state index in [-0.39, 0.29) is 12.5 Å². The van der Waals surface area contributed by atoms with Crippen LogP contribution in [0.3, 0.4) is 0 Å². The summed E-state index contributed by atoms with van der Waals surface area (Å²) in [6.45, 7) is 5.62. The van der Waals surface area contributed by atoms with Crippen LogP contribution in [0.4, 0.5) is 0 Å². The zero-order chi connectivity index (χ0) is 19.8. The van der Waals surface area contributed by atoms with Gasteiger partial charge >= 0.3 is 5.97 Å². The molecule has 2 rings (SSSR count). The average molecular weight is 396 g/mol. The van der Waals surface area contributed by atoms with Crippen molar-refractivity contribution in [1.82, 2.24) is 4.90 Å². The first kappa shape index (κ1) is 21.1. The molecule has 0 aromatic heterocycles. The fraction of sp³-hybridized carbons (Fsp3) is 0.500. The Morgan fingerprint density at radius 1 is 1.37 bits per heavy atom. The Morgan fingerprint density at radius 2 is 2.15 bits per heavy atom. The normalized spacial score (nSPS) is 17.0. The maximum absolute atomic E-state index is 12.1. The van der Waals surface area contributed by atoms with E-state index in [1.807, 2.05) is 6.92 Å². The number of rotatable bonds is 7. The van der Waals surface area contributed by atoms with E-state index in [2.05, 4.69) is 6.92 Å². The molecule has 0 radical (unpaired) electrons. The summed E-state index contributed by atoms with van der Waals surface area (Å²) in [6, 6.07) is 3.38. The third-order valence-electron chi connectivity index (χ3n) is 4.30. The van der Waals surface area contributed by atoms with Crippen LogP contribution in [0.5, 0.6) is 11.5 Å². The Morgan fingerprint density at radius 3 is 2.81 bits per heavy atom. The second-order valence-electron chi connectivity index (χ2n) is 6.50. The summed E-state index contributed by atoms with van der Waals surface area (Å²) < 4.78 is 15.8. The Kier molecular flexibility index (Phi) is 7.98. The van der Waals surface area contributed by atoms with Crippen LogP contribution in [-0.2, 0) is 14.3 Å². The fourth-order valence-corrected chi connectivity index (χ4v) is 3.29. The number of halogens is 1. The first-order valence-electron chi connectivity index (χ1n) is 9.07. The molecule has 1 atom stereocenters. The largest absolute Gasteiger partial charge is 0.491 e. The molecule has 1 heterocycles. The predicted octanol–water partition coefficient (Wildman–Crippen LogP) is 3.56. The maximum atomic E-state index is 12.1. The van der Waals surface area contributed by atoms with E-state index >= 15 is 0 Å². The molecule has 7 heteroatoms. The summed E-state index contributed by atoms with van der Waals surface area (Å²) in [6.07, 6.45) is 4.94. The van der Waals surface area contributed by atoms with Gasteiger partial charge in [0.05, 0.1) is 18.7 Å². The van der Waals surface area contributed by atoms with Crippen LogP contribution in [0.15, 0.2) is 18.2 Å². The third kappa shape index (κ3) is 6.17. The van der Waals surface area contributed by atoms with Crippen molar-refractivity contribution in [3.05, 3.63) is 28.8 Å². The van der Waals surface area contributed by atoms with E-state index in [0.29, 0.717) is 34.6 Å². The maximum Gasteiger partial charge on any atom is 0.331 e. The smallest absolute Gasteiger partial charge is 0.331 e. The molecule has 1 saturated heterocycles. The predicted molar refractivity (Wildman–Crippen MR) is 104 cm³/mol. The lowest BCUT2D eigenvalue weighted by molar-refractivity contribution is -0.149. The number of carbonyl (C=O) groups excluding carboxylic acids is 2. The Hall–Kier alpha value is -2.21. The molecule has 1 amide bonds. The van der Waals surface area contributed by atoms with Crippen molar-refractivity contribution in [2.75, 3.05) is 33.4 Å². The minimum absolute atomic E-state index is 0.158. The quantitative estimate of drug-likeness (QED) is 0.521. The van der Waals surface area contributed by atoms with E-state index < -0.39 is 5.97 Å². The van der Waals surface area contributed by atoms with Crippen LogP contribution >= 0.6 is 11.6 Å². The third-order valence-corrected chi connectivity index (χ3v) is 4.58. The lowest BCUT2D eigenvalue weighted by Crippen LogP contribution is -2.41. The number of benzene rings is 1. The van der Waals surface area contributed by atoms with Crippen molar-refractivity contribution in [2.45, 2.75) is 26.7 Å². The van der Waals surface area contributed by atoms with Crippen molar-refractivity contribution in [1.29, 1.82) is 0 Å². The summed E-state index contributed by atoms with van der Waals surface area (Å²) in [7, 11) is 1.51. The summed E-state index contributed by atoms with van der Waals surface area (Å²) in [5.41, 5.74) is 0.664. The molecule has 1 aromatic rings. The van der Waals surface area contributed by atoms with Gasteiger partial charge in [-0.15, -0.1) is 0 Å². The van der Waals surface area contributed by atoms with Gasteiger partial charge in [-0.3, -0.25) is 4.79 Å². The molecule has 0 unspecified atom stereocenters. The number of methoxy groups -OCH3 is 1. The average Bonchev–Trinajstić information content (AvgIpc) is 2.64. The second-order valence-corrected chi connectivity index (χ2v) is 6.90. The van der Waals surface area contributed by atoms with Gasteiger partial charge in [-0.05, 0) is 49.5 Å². The van der Waals surface area contributed by atoms with Crippen LogP contribution in [-0.4, -0.2) is 50.2 Å². The molecule has 0 bridgehead atoms. The molecule has 0 spiro atoms. The number of likely N-dealkylation sites (tertiary alicyclic amines) is 1. The number of hydrogen-bond acceptors (Lipinski definition) is 5. The van der Waals surface area contributed by atoms with E-state index in [9.17, 15) is 9.59 Å². The summed E-state index contributed by atoms with van der Waals surface area (Å²) >= 11 is 6.18.